The summed E-state index contributed by atoms with van der Waals surface area (Å²) in [7, 11) is -2.19. The number of carbonyl (C=O) groups is 1. The standard InChI is InChI=1S/C11H20N2O4S/c1-17-11(14)10(12)6-7-13-18(15,16)8-2-3-9-4-5-9/h7,9-10H,2-6,8,12H2,1H3/t10-/m0/s1. The monoisotopic (exact) mass is 276 g/mol. The van der Waals surface area contributed by atoms with E-state index in [-0.39, 0.29) is 12.2 Å². The highest BCUT2D eigenvalue weighted by molar-refractivity contribution is 7.90. The molecule has 2 N–H and O–H groups in total. The third-order valence-electron chi connectivity index (χ3n) is 2.81. The van der Waals surface area contributed by atoms with Crippen LogP contribution < -0.4 is 5.73 Å². The minimum absolute atomic E-state index is 0.0630. The van der Waals surface area contributed by atoms with Crippen molar-refractivity contribution in [1.82, 2.24) is 0 Å². The summed E-state index contributed by atoms with van der Waals surface area (Å²) in [4.78, 5) is 11.0. The van der Waals surface area contributed by atoms with Gasteiger partial charge in [-0.2, -0.15) is 4.40 Å². The first kappa shape index (κ1) is 15.1. The molecule has 0 amide bonds. The summed E-state index contributed by atoms with van der Waals surface area (Å²) in [5, 5.41) is 0. The summed E-state index contributed by atoms with van der Waals surface area (Å²) in [5.41, 5.74) is 5.44. The van der Waals surface area contributed by atoms with E-state index in [0.29, 0.717) is 6.42 Å². The van der Waals surface area contributed by atoms with E-state index in [4.69, 9.17) is 5.73 Å². The number of esters is 1. The van der Waals surface area contributed by atoms with E-state index < -0.39 is 22.0 Å². The Bertz CT molecular complexity index is 401. The fourth-order valence-electron chi connectivity index (χ4n) is 1.53. The lowest BCUT2D eigenvalue weighted by molar-refractivity contribution is -0.141. The second kappa shape index (κ2) is 6.84. The zero-order valence-corrected chi connectivity index (χ0v) is 11.4. The lowest BCUT2D eigenvalue weighted by atomic mass is 10.2. The molecule has 1 saturated carbocycles. The number of rotatable bonds is 8. The molecule has 18 heavy (non-hydrogen) atoms. The highest BCUT2D eigenvalue weighted by Gasteiger charge is 2.21. The molecule has 0 radical (unpaired) electrons. The number of methoxy groups -OCH3 is 1. The highest BCUT2D eigenvalue weighted by atomic mass is 32.2. The van der Waals surface area contributed by atoms with E-state index in [2.05, 4.69) is 9.13 Å². The number of hydrogen-bond donors (Lipinski definition) is 1. The van der Waals surface area contributed by atoms with E-state index >= 15 is 0 Å². The van der Waals surface area contributed by atoms with E-state index in [0.717, 1.165) is 12.3 Å². The van der Waals surface area contributed by atoms with Gasteiger partial charge in [0.15, 0.2) is 0 Å². The van der Waals surface area contributed by atoms with Crippen LogP contribution in [0.15, 0.2) is 4.40 Å². The summed E-state index contributed by atoms with van der Waals surface area (Å²) < 4.78 is 30.9. The van der Waals surface area contributed by atoms with Crippen molar-refractivity contribution >= 4 is 22.2 Å². The topological polar surface area (TPSA) is 98.8 Å². The summed E-state index contributed by atoms with van der Waals surface area (Å²) in [5.74, 6) is 0.206. The molecule has 0 heterocycles. The third kappa shape index (κ3) is 6.11. The van der Waals surface area contributed by atoms with Gasteiger partial charge < -0.3 is 10.5 Å². The van der Waals surface area contributed by atoms with Gasteiger partial charge in [-0.3, -0.25) is 4.79 Å². The van der Waals surface area contributed by atoms with Crippen LogP contribution in [0.5, 0.6) is 0 Å². The number of carbonyl (C=O) groups excluding carboxylic acids is 1. The molecule has 7 heteroatoms. The molecule has 1 rings (SSSR count). The smallest absolute Gasteiger partial charge is 0.323 e. The second-order valence-electron chi connectivity index (χ2n) is 4.52. The number of nitrogens with two attached hydrogens (primary N) is 1. The normalized spacial score (nSPS) is 17.9. The molecule has 1 aliphatic carbocycles. The molecule has 0 spiro atoms. The van der Waals surface area contributed by atoms with Crippen LogP contribution in [-0.4, -0.2) is 39.5 Å². The molecule has 0 unspecified atom stereocenters. The first-order valence-electron chi connectivity index (χ1n) is 6.04. The molecule has 0 bridgehead atoms. The van der Waals surface area contributed by atoms with Crippen LogP contribution in [0.1, 0.15) is 32.1 Å². The molecule has 0 saturated heterocycles. The molecular formula is C11H20N2O4S. The molecule has 0 aromatic carbocycles. The van der Waals surface area contributed by atoms with Crippen LogP contribution in [0.25, 0.3) is 0 Å². The molecule has 0 aromatic heterocycles. The average molecular weight is 276 g/mol. The Balaban J connectivity index is 2.27. The van der Waals surface area contributed by atoms with Gasteiger partial charge in [0, 0.05) is 12.6 Å². The molecule has 1 aliphatic rings. The maximum absolute atomic E-state index is 11.5. The van der Waals surface area contributed by atoms with E-state index in [9.17, 15) is 13.2 Å². The molecular weight excluding hydrogens is 256 g/mol. The molecule has 1 fully saturated rings. The first-order chi connectivity index (χ1) is 8.44. The van der Waals surface area contributed by atoms with Crippen LogP contribution in [0.4, 0.5) is 0 Å². The Labute approximate surface area is 108 Å². The van der Waals surface area contributed by atoms with Crippen molar-refractivity contribution in [2.24, 2.45) is 16.0 Å². The molecule has 1 atom stereocenters. The minimum Gasteiger partial charge on any atom is -0.468 e. The van der Waals surface area contributed by atoms with Gasteiger partial charge in [0.05, 0.1) is 12.9 Å². The molecule has 6 nitrogen and oxygen atoms in total. The Morgan fingerprint density at radius 2 is 2.22 bits per heavy atom. The van der Waals surface area contributed by atoms with Crippen LogP contribution >= 0.6 is 0 Å². The van der Waals surface area contributed by atoms with E-state index in [1.165, 1.54) is 26.2 Å². The van der Waals surface area contributed by atoms with Crippen LogP contribution in [-0.2, 0) is 19.6 Å². The number of hydrogen-bond acceptors (Lipinski definition) is 5. The van der Waals surface area contributed by atoms with E-state index in [1.807, 2.05) is 0 Å². The number of nitrogens with zero attached hydrogens (tertiary/aromatic N) is 1. The van der Waals surface area contributed by atoms with Crippen molar-refractivity contribution in [1.29, 1.82) is 0 Å². The summed E-state index contributed by atoms with van der Waals surface area (Å²) >= 11 is 0. The van der Waals surface area contributed by atoms with Gasteiger partial charge in [0.1, 0.15) is 6.04 Å². The van der Waals surface area contributed by atoms with Gasteiger partial charge in [-0.05, 0) is 18.8 Å². The van der Waals surface area contributed by atoms with Crippen molar-refractivity contribution in [2.75, 3.05) is 12.9 Å². The molecule has 0 aliphatic heterocycles. The first-order valence-corrected chi connectivity index (χ1v) is 7.65. The van der Waals surface area contributed by atoms with Crippen LogP contribution in [0.2, 0.25) is 0 Å². The van der Waals surface area contributed by atoms with Gasteiger partial charge in [-0.15, -0.1) is 0 Å². The van der Waals surface area contributed by atoms with Gasteiger partial charge >= 0.3 is 5.97 Å². The van der Waals surface area contributed by atoms with E-state index in [1.54, 1.807) is 0 Å². The maximum atomic E-state index is 11.5. The van der Waals surface area contributed by atoms with Crippen LogP contribution in [0, 0.1) is 5.92 Å². The minimum atomic E-state index is -3.42. The number of sulfonamides is 1. The van der Waals surface area contributed by atoms with Gasteiger partial charge in [0.2, 0.25) is 0 Å². The maximum Gasteiger partial charge on any atom is 0.323 e. The van der Waals surface area contributed by atoms with Crippen molar-refractivity contribution in [3.63, 3.8) is 0 Å². The molecule has 104 valence electrons. The highest BCUT2D eigenvalue weighted by Crippen LogP contribution is 2.33. The third-order valence-corrected chi connectivity index (χ3v) is 4.08. The zero-order valence-electron chi connectivity index (χ0n) is 10.5. The summed E-state index contributed by atoms with van der Waals surface area (Å²) in [6.45, 7) is 0. The van der Waals surface area contributed by atoms with Crippen molar-refractivity contribution in [3.05, 3.63) is 0 Å². The lowest BCUT2D eigenvalue weighted by Gasteiger charge is -2.04. The Morgan fingerprint density at radius 3 is 2.78 bits per heavy atom. The lowest BCUT2D eigenvalue weighted by Crippen LogP contribution is -2.31. The zero-order chi connectivity index (χ0) is 13.6. The molecule has 0 aromatic rings. The quantitative estimate of drug-likeness (QED) is 0.513. The number of ether oxygens (including phenoxy) is 1. The Morgan fingerprint density at radius 1 is 1.56 bits per heavy atom. The Hall–Kier alpha value is -0.950. The average Bonchev–Trinajstić information content (AvgIpc) is 3.11. The summed E-state index contributed by atoms with van der Waals surface area (Å²) in [6, 6.07) is -0.861. The fourth-order valence-corrected chi connectivity index (χ4v) is 2.48. The predicted octanol–water partition coefficient (Wildman–Crippen LogP) is 0.468. The predicted molar refractivity (Wildman–Crippen MR) is 68.8 cm³/mol. The van der Waals surface area contributed by atoms with Crippen molar-refractivity contribution in [2.45, 2.75) is 38.1 Å². The SMILES string of the molecule is COC(=O)[C@@H](N)CC=NS(=O)(=O)CCCC1CC1. The largest absolute Gasteiger partial charge is 0.468 e. The van der Waals surface area contributed by atoms with Crippen molar-refractivity contribution < 1.29 is 17.9 Å². The van der Waals surface area contributed by atoms with Gasteiger partial charge in [-0.1, -0.05) is 12.8 Å². The van der Waals surface area contributed by atoms with Gasteiger partial charge in [0.25, 0.3) is 10.0 Å². The Kier molecular flexibility index (Phi) is 5.74. The second-order valence-corrected chi connectivity index (χ2v) is 6.31. The van der Waals surface area contributed by atoms with Gasteiger partial charge in [-0.25, -0.2) is 8.42 Å². The fraction of sp³-hybridized carbons (Fsp3) is 0.818. The van der Waals surface area contributed by atoms with Crippen molar-refractivity contribution in [3.8, 4) is 0 Å². The summed E-state index contributed by atoms with van der Waals surface area (Å²) in [6.07, 6.45) is 5.28. The van der Waals surface area contributed by atoms with Crippen LogP contribution in [0.3, 0.4) is 0 Å².